The highest BCUT2D eigenvalue weighted by Gasteiger charge is 2.35. The number of oxazole rings is 1. The van der Waals surface area contributed by atoms with Crippen LogP contribution in [0.1, 0.15) is 24.2 Å². The Morgan fingerprint density at radius 3 is 2.71 bits per heavy atom. The fourth-order valence-corrected chi connectivity index (χ4v) is 2.96. The molecule has 8 heteroatoms. The van der Waals surface area contributed by atoms with Crippen LogP contribution in [0.2, 0.25) is 0 Å². The molecule has 0 saturated carbocycles. The number of aromatic nitrogens is 3. The number of hydrogen-bond acceptors (Lipinski definition) is 4. The van der Waals surface area contributed by atoms with Gasteiger partial charge in [-0.1, -0.05) is 12.1 Å². The predicted octanol–water partition coefficient (Wildman–Crippen LogP) is 3.41. The van der Waals surface area contributed by atoms with Crippen molar-refractivity contribution in [1.82, 2.24) is 14.5 Å². The first kappa shape index (κ1) is 14.9. The predicted molar refractivity (Wildman–Crippen MR) is 79.4 cm³/mol. The van der Waals surface area contributed by atoms with E-state index in [2.05, 4.69) is 9.97 Å². The SMILES string of the molecule is O=c1c2nc(-c3ccccc3C(F)(F)F)oc2nc2n1CCCC2. The van der Waals surface area contributed by atoms with E-state index in [-0.39, 0.29) is 28.2 Å². The maximum Gasteiger partial charge on any atom is 0.417 e. The Morgan fingerprint density at radius 2 is 1.92 bits per heavy atom. The summed E-state index contributed by atoms with van der Waals surface area (Å²) in [6, 6.07) is 4.98. The third kappa shape index (κ3) is 2.29. The van der Waals surface area contributed by atoms with Crippen molar-refractivity contribution >= 4 is 11.2 Å². The first-order chi connectivity index (χ1) is 11.4. The van der Waals surface area contributed by atoms with Gasteiger partial charge in [0.1, 0.15) is 5.82 Å². The Balaban J connectivity index is 1.94. The summed E-state index contributed by atoms with van der Waals surface area (Å²) < 4.78 is 46.4. The molecule has 0 unspecified atom stereocenters. The maximum absolute atomic E-state index is 13.2. The molecule has 0 amide bonds. The lowest BCUT2D eigenvalue weighted by atomic mass is 10.1. The van der Waals surface area contributed by atoms with Crippen LogP contribution in [0.25, 0.3) is 22.7 Å². The van der Waals surface area contributed by atoms with Gasteiger partial charge in [-0.3, -0.25) is 9.36 Å². The smallest absolute Gasteiger partial charge is 0.417 e. The van der Waals surface area contributed by atoms with E-state index in [1.165, 1.54) is 22.8 Å². The van der Waals surface area contributed by atoms with E-state index in [0.29, 0.717) is 18.8 Å². The number of nitrogens with zero attached hydrogens (tertiary/aromatic N) is 3. The number of alkyl halides is 3. The summed E-state index contributed by atoms with van der Waals surface area (Å²) in [6.45, 7) is 0.540. The maximum atomic E-state index is 13.2. The van der Waals surface area contributed by atoms with E-state index >= 15 is 0 Å². The normalized spacial score (nSPS) is 14.8. The van der Waals surface area contributed by atoms with Gasteiger partial charge in [0.05, 0.1) is 5.56 Å². The van der Waals surface area contributed by atoms with E-state index in [1.807, 2.05) is 0 Å². The van der Waals surface area contributed by atoms with Gasteiger partial charge >= 0.3 is 6.18 Å². The molecule has 0 radical (unpaired) electrons. The topological polar surface area (TPSA) is 60.9 Å². The summed E-state index contributed by atoms with van der Waals surface area (Å²) >= 11 is 0. The van der Waals surface area contributed by atoms with Crippen LogP contribution < -0.4 is 5.56 Å². The zero-order chi connectivity index (χ0) is 16.9. The van der Waals surface area contributed by atoms with Crippen molar-refractivity contribution in [2.45, 2.75) is 32.0 Å². The van der Waals surface area contributed by atoms with Gasteiger partial charge in [0, 0.05) is 18.5 Å². The van der Waals surface area contributed by atoms with Gasteiger partial charge in [-0.25, -0.2) is 4.98 Å². The third-order valence-electron chi connectivity index (χ3n) is 4.09. The van der Waals surface area contributed by atoms with Gasteiger partial charge in [-0.15, -0.1) is 0 Å². The van der Waals surface area contributed by atoms with Gasteiger partial charge in [-0.2, -0.15) is 18.2 Å². The number of benzene rings is 1. The molecule has 1 aromatic carbocycles. The van der Waals surface area contributed by atoms with E-state index in [9.17, 15) is 18.0 Å². The van der Waals surface area contributed by atoms with Gasteiger partial charge in [0.25, 0.3) is 11.3 Å². The van der Waals surface area contributed by atoms with Crippen LogP contribution in [0, 0.1) is 0 Å². The Hall–Kier alpha value is -2.64. The molecule has 0 N–H and O–H groups in total. The Morgan fingerprint density at radius 1 is 1.12 bits per heavy atom. The summed E-state index contributed by atoms with van der Waals surface area (Å²) in [6.07, 6.45) is -2.13. The number of hydrogen-bond donors (Lipinski definition) is 0. The average molecular weight is 335 g/mol. The standard InChI is InChI=1S/C16H12F3N3O2/c17-16(18,19)10-6-2-1-5-9(10)13-21-12-14(24-13)20-11-7-3-4-8-22(11)15(12)23/h1-2,5-6H,3-4,7-8H2. The van der Waals surface area contributed by atoms with E-state index in [0.717, 1.165) is 18.9 Å². The molecule has 3 heterocycles. The summed E-state index contributed by atoms with van der Waals surface area (Å²) in [5.74, 6) is 0.344. The van der Waals surface area contributed by atoms with Crippen molar-refractivity contribution in [1.29, 1.82) is 0 Å². The minimum Gasteiger partial charge on any atom is -0.417 e. The number of fused-ring (bicyclic) bond motifs is 2. The highest BCUT2D eigenvalue weighted by atomic mass is 19.4. The molecule has 0 aliphatic carbocycles. The molecular weight excluding hydrogens is 323 g/mol. The van der Waals surface area contributed by atoms with Crippen LogP contribution >= 0.6 is 0 Å². The third-order valence-corrected chi connectivity index (χ3v) is 4.09. The average Bonchev–Trinajstić information content (AvgIpc) is 2.98. The first-order valence-electron chi connectivity index (χ1n) is 7.52. The molecule has 4 rings (SSSR count). The second kappa shape index (κ2) is 5.19. The second-order valence-electron chi connectivity index (χ2n) is 5.66. The molecular formula is C16H12F3N3O2. The number of rotatable bonds is 1. The Bertz CT molecular complexity index is 988. The van der Waals surface area contributed by atoms with Crippen LogP contribution in [-0.4, -0.2) is 14.5 Å². The van der Waals surface area contributed by atoms with Crippen molar-refractivity contribution in [2.75, 3.05) is 0 Å². The van der Waals surface area contributed by atoms with Crippen LogP contribution in [0.3, 0.4) is 0 Å². The molecule has 2 aromatic heterocycles. The first-order valence-corrected chi connectivity index (χ1v) is 7.52. The quantitative estimate of drug-likeness (QED) is 0.684. The molecule has 0 fully saturated rings. The summed E-state index contributed by atoms with van der Waals surface area (Å²) in [5.41, 5.74) is -1.48. The highest BCUT2D eigenvalue weighted by molar-refractivity contribution is 5.73. The van der Waals surface area contributed by atoms with E-state index in [4.69, 9.17) is 4.42 Å². The lowest BCUT2D eigenvalue weighted by Gasteiger charge is -2.15. The second-order valence-corrected chi connectivity index (χ2v) is 5.66. The molecule has 1 aliphatic heterocycles. The van der Waals surface area contributed by atoms with Crippen molar-refractivity contribution in [2.24, 2.45) is 0 Å². The van der Waals surface area contributed by atoms with Gasteiger partial charge in [0.15, 0.2) is 5.52 Å². The molecule has 1 aliphatic rings. The van der Waals surface area contributed by atoms with Crippen molar-refractivity contribution in [3.05, 3.63) is 46.0 Å². The zero-order valence-electron chi connectivity index (χ0n) is 12.4. The largest absolute Gasteiger partial charge is 0.417 e. The lowest BCUT2D eigenvalue weighted by Crippen LogP contribution is -2.28. The van der Waals surface area contributed by atoms with Crippen molar-refractivity contribution in [3.63, 3.8) is 0 Å². The Kier molecular flexibility index (Phi) is 3.22. The molecule has 0 saturated heterocycles. The number of aryl methyl sites for hydroxylation is 1. The molecule has 24 heavy (non-hydrogen) atoms. The minimum absolute atomic E-state index is 0.0138. The highest BCUT2D eigenvalue weighted by Crippen LogP contribution is 2.37. The van der Waals surface area contributed by atoms with Crippen LogP contribution in [0.4, 0.5) is 13.2 Å². The molecule has 124 valence electrons. The van der Waals surface area contributed by atoms with Gasteiger partial charge in [0.2, 0.25) is 5.89 Å². The number of halogens is 3. The molecule has 3 aromatic rings. The van der Waals surface area contributed by atoms with E-state index in [1.54, 1.807) is 0 Å². The molecule has 0 atom stereocenters. The van der Waals surface area contributed by atoms with Gasteiger partial charge in [-0.05, 0) is 25.0 Å². The van der Waals surface area contributed by atoms with Gasteiger partial charge < -0.3 is 4.42 Å². The van der Waals surface area contributed by atoms with E-state index < -0.39 is 11.7 Å². The minimum atomic E-state index is -4.54. The molecule has 0 bridgehead atoms. The fraction of sp³-hybridized carbons (Fsp3) is 0.312. The fourth-order valence-electron chi connectivity index (χ4n) is 2.96. The van der Waals surface area contributed by atoms with Crippen LogP contribution in [0.5, 0.6) is 0 Å². The zero-order valence-corrected chi connectivity index (χ0v) is 12.4. The summed E-state index contributed by atoms with van der Waals surface area (Å²) in [5, 5.41) is 0. The van der Waals surface area contributed by atoms with Crippen molar-refractivity contribution < 1.29 is 17.6 Å². The lowest BCUT2D eigenvalue weighted by molar-refractivity contribution is -0.137. The van der Waals surface area contributed by atoms with Crippen molar-refractivity contribution in [3.8, 4) is 11.5 Å². The summed E-state index contributed by atoms with van der Waals surface area (Å²) in [7, 11) is 0. The van der Waals surface area contributed by atoms with Crippen LogP contribution in [-0.2, 0) is 19.1 Å². The monoisotopic (exact) mass is 335 g/mol. The molecule has 5 nitrogen and oxygen atoms in total. The molecule has 0 spiro atoms. The Labute approximate surface area is 133 Å². The summed E-state index contributed by atoms with van der Waals surface area (Å²) in [4.78, 5) is 20.7. The van der Waals surface area contributed by atoms with Crippen LogP contribution in [0.15, 0.2) is 33.5 Å².